The lowest BCUT2D eigenvalue weighted by atomic mass is 9.52. The number of fused-ring (bicyclic) bond motifs is 3. The van der Waals surface area contributed by atoms with E-state index >= 15 is 0 Å². The minimum absolute atomic E-state index is 0.245. The summed E-state index contributed by atoms with van der Waals surface area (Å²) < 4.78 is 5.73. The van der Waals surface area contributed by atoms with E-state index in [9.17, 15) is 0 Å². The second kappa shape index (κ2) is 5.15. The molecule has 0 aromatic heterocycles. The smallest absolute Gasteiger partial charge is 0.122 e. The number of ether oxygens (including phenoxy) is 1. The molecule has 2 aliphatic rings. The standard InChI is InChI=1S/C21H30O/c1-14(2)16-12-15-8-9-19-20(3,4)10-7-11-21(19,5)17(15)13-18(16)22-6/h8-9,12-14,19H,7,10-11H2,1-6H3. The van der Waals surface area contributed by atoms with Crippen LogP contribution in [0.3, 0.4) is 0 Å². The van der Waals surface area contributed by atoms with E-state index in [1.54, 1.807) is 7.11 Å². The first-order valence-corrected chi connectivity index (χ1v) is 8.70. The molecule has 0 spiro atoms. The number of hydrogen-bond donors (Lipinski definition) is 0. The average molecular weight is 298 g/mol. The van der Waals surface area contributed by atoms with Gasteiger partial charge < -0.3 is 4.74 Å². The Morgan fingerprint density at radius 3 is 2.50 bits per heavy atom. The summed E-state index contributed by atoms with van der Waals surface area (Å²) in [5, 5.41) is 0. The molecule has 1 saturated carbocycles. The molecule has 0 radical (unpaired) electrons. The van der Waals surface area contributed by atoms with Crippen LogP contribution in [0.5, 0.6) is 5.75 Å². The number of hydrogen-bond acceptors (Lipinski definition) is 1. The molecule has 22 heavy (non-hydrogen) atoms. The third-order valence-electron chi connectivity index (χ3n) is 6.15. The Balaban J connectivity index is 2.18. The first-order chi connectivity index (χ1) is 10.3. The summed E-state index contributed by atoms with van der Waals surface area (Å²) in [6.07, 6.45) is 8.77. The molecule has 0 heterocycles. The summed E-state index contributed by atoms with van der Waals surface area (Å²) in [6, 6.07) is 4.70. The van der Waals surface area contributed by atoms with Gasteiger partial charge in [0.25, 0.3) is 0 Å². The Morgan fingerprint density at radius 2 is 1.86 bits per heavy atom. The topological polar surface area (TPSA) is 9.23 Å². The molecule has 2 atom stereocenters. The van der Waals surface area contributed by atoms with Crippen molar-refractivity contribution in [2.75, 3.05) is 7.11 Å². The fourth-order valence-electron chi connectivity index (χ4n) is 4.93. The lowest BCUT2D eigenvalue weighted by molar-refractivity contribution is 0.0908. The average Bonchev–Trinajstić information content (AvgIpc) is 2.45. The van der Waals surface area contributed by atoms with Gasteiger partial charge in [0.1, 0.15) is 5.75 Å². The van der Waals surface area contributed by atoms with Gasteiger partial charge in [-0.05, 0) is 64.3 Å². The molecule has 0 saturated heterocycles. The van der Waals surface area contributed by atoms with E-state index in [4.69, 9.17) is 4.74 Å². The lowest BCUT2D eigenvalue weighted by Crippen LogP contribution is -2.45. The molecule has 1 fully saturated rings. The maximum Gasteiger partial charge on any atom is 0.122 e. The van der Waals surface area contributed by atoms with Gasteiger partial charge in [0.15, 0.2) is 0 Å². The number of benzene rings is 1. The molecule has 120 valence electrons. The van der Waals surface area contributed by atoms with E-state index in [-0.39, 0.29) is 5.41 Å². The molecule has 1 aromatic carbocycles. The zero-order chi connectivity index (χ0) is 16.1. The van der Waals surface area contributed by atoms with Crippen LogP contribution >= 0.6 is 0 Å². The Morgan fingerprint density at radius 1 is 1.14 bits per heavy atom. The molecule has 0 amide bonds. The molecule has 2 aliphatic carbocycles. The summed E-state index contributed by atoms with van der Waals surface area (Å²) in [5.41, 5.74) is 4.85. The molecule has 0 aliphatic heterocycles. The van der Waals surface area contributed by atoms with Crippen LogP contribution in [0, 0.1) is 11.3 Å². The van der Waals surface area contributed by atoms with Gasteiger partial charge >= 0.3 is 0 Å². The third kappa shape index (κ3) is 2.21. The van der Waals surface area contributed by atoms with Crippen LogP contribution in [0.15, 0.2) is 18.2 Å². The Labute approximate surface area is 135 Å². The van der Waals surface area contributed by atoms with Gasteiger partial charge in [-0.3, -0.25) is 0 Å². The third-order valence-corrected chi connectivity index (χ3v) is 6.15. The van der Waals surface area contributed by atoms with Crippen LogP contribution in [0.2, 0.25) is 0 Å². The molecule has 0 N–H and O–H groups in total. The Kier molecular flexibility index (Phi) is 3.66. The number of allylic oxidation sites excluding steroid dienone is 1. The van der Waals surface area contributed by atoms with Gasteiger partial charge in [0, 0.05) is 0 Å². The maximum absolute atomic E-state index is 5.73. The van der Waals surface area contributed by atoms with E-state index in [1.807, 2.05) is 0 Å². The first kappa shape index (κ1) is 15.6. The predicted octanol–water partition coefficient (Wildman–Crippen LogP) is 5.93. The largest absolute Gasteiger partial charge is 0.496 e. The Hall–Kier alpha value is -1.24. The monoisotopic (exact) mass is 298 g/mol. The summed E-state index contributed by atoms with van der Waals surface area (Å²) in [5.74, 6) is 2.17. The van der Waals surface area contributed by atoms with Crippen LogP contribution in [0.25, 0.3) is 6.08 Å². The SMILES string of the molecule is COc1cc2c(cc1C(C)C)C=CC1C(C)(C)CCCC21C. The van der Waals surface area contributed by atoms with Gasteiger partial charge in [0.05, 0.1) is 7.11 Å². The summed E-state index contributed by atoms with van der Waals surface area (Å²) in [6.45, 7) is 11.8. The van der Waals surface area contributed by atoms with Gasteiger partial charge in [-0.1, -0.05) is 53.2 Å². The van der Waals surface area contributed by atoms with E-state index in [0.29, 0.717) is 17.3 Å². The van der Waals surface area contributed by atoms with Crippen LogP contribution in [-0.2, 0) is 5.41 Å². The van der Waals surface area contributed by atoms with Gasteiger partial charge in [-0.25, -0.2) is 0 Å². The molecule has 0 bridgehead atoms. The van der Waals surface area contributed by atoms with Crippen molar-refractivity contribution in [3.63, 3.8) is 0 Å². The molecule has 1 aromatic rings. The normalized spacial score (nSPS) is 29.1. The van der Waals surface area contributed by atoms with Gasteiger partial charge in [-0.2, -0.15) is 0 Å². The zero-order valence-electron chi connectivity index (χ0n) is 15.0. The highest BCUT2D eigenvalue weighted by Crippen LogP contribution is 2.56. The van der Waals surface area contributed by atoms with Crippen molar-refractivity contribution < 1.29 is 4.74 Å². The van der Waals surface area contributed by atoms with E-state index in [2.05, 4.69) is 58.9 Å². The quantitative estimate of drug-likeness (QED) is 0.657. The highest BCUT2D eigenvalue weighted by Gasteiger charge is 2.48. The second-order valence-corrected chi connectivity index (χ2v) is 8.43. The molecule has 3 rings (SSSR count). The van der Waals surface area contributed by atoms with Crippen LogP contribution in [0.1, 0.15) is 76.5 Å². The van der Waals surface area contributed by atoms with Crippen molar-refractivity contribution in [3.05, 3.63) is 34.9 Å². The Bertz CT molecular complexity index is 609. The highest BCUT2D eigenvalue weighted by molar-refractivity contribution is 5.64. The van der Waals surface area contributed by atoms with Crippen molar-refractivity contribution in [1.29, 1.82) is 0 Å². The summed E-state index contributed by atoms with van der Waals surface area (Å²) in [4.78, 5) is 0. The van der Waals surface area contributed by atoms with Crippen molar-refractivity contribution >= 4 is 6.08 Å². The van der Waals surface area contributed by atoms with Gasteiger partial charge in [-0.15, -0.1) is 0 Å². The second-order valence-electron chi connectivity index (χ2n) is 8.43. The van der Waals surface area contributed by atoms with Crippen molar-refractivity contribution in [2.24, 2.45) is 11.3 Å². The molecular weight excluding hydrogens is 268 g/mol. The predicted molar refractivity (Wildman–Crippen MR) is 94.6 cm³/mol. The first-order valence-electron chi connectivity index (χ1n) is 8.70. The molecule has 1 nitrogen and oxygen atoms in total. The molecule has 1 heteroatoms. The minimum Gasteiger partial charge on any atom is -0.496 e. The number of methoxy groups -OCH3 is 1. The van der Waals surface area contributed by atoms with Crippen LogP contribution in [0.4, 0.5) is 0 Å². The van der Waals surface area contributed by atoms with Crippen molar-refractivity contribution in [1.82, 2.24) is 0 Å². The van der Waals surface area contributed by atoms with Crippen LogP contribution in [-0.4, -0.2) is 7.11 Å². The highest BCUT2D eigenvalue weighted by atomic mass is 16.5. The summed E-state index contributed by atoms with van der Waals surface area (Å²) in [7, 11) is 1.80. The molecule has 2 unspecified atom stereocenters. The van der Waals surface area contributed by atoms with E-state index in [1.165, 1.54) is 36.0 Å². The van der Waals surface area contributed by atoms with E-state index < -0.39 is 0 Å². The van der Waals surface area contributed by atoms with Gasteiger partial charge in [0.2, 0.25) is 0 Å². The minimum atomic E-state index is 0.245. The lowest BCUT2D eigenvalue weighted by Gasteiger charge is -2.52. The maximum atomic E-state index is 5.73. The zero-order valence-corrected chi connectivity index (χ0v) is 15.0. The fourth-order valence-corrected chi connectivity index (χ4v) is 4.93. The number of rotatable bonds is 2. The fraction of sp³-hybridized carbons (Fsp3) is 0.619. The molecular formula is C21H30O. The van der Waals surface area contributed by atoms with Crippen molar-refractivity contribution in [3.8, 4) is 5.75 Å². The van der Waals surface area contributed by atoms with Crippen LogP contribution < -0.4 is 4.74 Å². The summed E-state index contributed by atoms with van der Waals surface area (Å²) >= 11 is 0. The van der Waals surface area contributed by atoms with Crippen molar-refractivity contribution in [2.45, 2.75) is 65.2 Å². The van der Waals surface area contributed by atoms with E-state index in [0.717, 1.165) is 5.75 Å².